The molecule has 11 nitrogen and oxygen atoms in total. The summed E-state index contributed by atoms with van der Waals surface area (Å²) < 4.78 is 4.74. The molecular formula is C16H17ClN6O5. The summed E-state index contributed by atoms with van der Waals surface area (Å²) >= 11 is 5.83. The van der Waals surface area contributed by atoms with Crippen molar-refractivity contribution in [3.8, 4) is 0 Å². The zero-order valence-corrected chi connectivity index (χ0v) is 15.4. The summed E-state index contributed by atoms with van der Waals surface area (Å²) in [6, 6.07) is 7.69. The van der Waals surface area contributed by atoms with Gasteiger partial charge >= 0.3 is 11.8 Å². The van der Waals surface area contributed by atoms with Gasteiger partial charge in [-0.15, -0.1) is 0 Å². The lowest BCUT2D eigenvalue weighted by Crippen LogP contribution is -2.18. The second kappa shape index (κ2) is 9.37. The van der Waals surface area contributed by atoms with E-state index in [9.17, 15) is 20.1 Å². The molecule has 0 fully saturated rings. The fourth-order valence-corrected chi connectivity index (χ4v) is 2.36. The number of aromatic nitrogens is 1. The number of anilines is 3. The Kier molecular flexibility index (Phi) is 6.93. The number of ether oxygens (including phenoxy) is 1. The van der Waals surface area contributed by atoms with Crippen molar-refractivity contribution in [2.75, 3.05) is 29.5 Å². The van der Waals surface area contributed by atoms with E-state index in [1.165, 1.54) is 6.07 Å². The van der Waals surface area contributed by atoms with Crippen molar-refractivity contribution in [1.82, 2.24) is 4.98 Å². The van der Waals surface area contributed by atoms with Gasteiger partial charge in [-0.2, -0.15) is 0 Å². The Bertz CT molecular complexity index is 903. The van der Waals surface area contributed by atoms with Gasteiger partial charge < -0.3 is 21.0 Å². The van der Waals surface area contributed by atoms with Crippen LogP contribution in [0.1, 0.15) is 12.5 Å². The van der Waals surface area contributed by atoms with Gasteiger partial charge in [0.1, 0.15) is 17.2 Å². The van der Waals surface area contributed by atoms with Gasteiger partial charge in [0.05, 0.1) is 18.1 Å². The van der Waals surface area contributed by atoms with Crippen molar-refractivity contribution in [3.05, 3.63) is 51.0 Å². The zero-order chi connectivity index (χ0) is 20.7. The number of nitro groups is 1. The Morgan fingerprint density at radius 3 is 2.68 bits per heavy atom. The highest BCUT2D eigenvalue weighted by Crippen LogP contribution is 2.32. The van der Waals surface area contributed by atoms with Crippen LogP contribution in [-0.2, 0) is 4.74 Å². The first kappa shape index (κ1) is 20.7. The van der Waals surface area contributed by atoms with Crippen molar-refractivity contribution in [3.63, 3.8) is 0 Å². The molecule has 0 radical (unpaired) electrons. The minimum atomic E-state index is -0.784. The number of amides is 1. The smallest absolute Gasteiger partial charge is 0.412 e. The highest BCUT2D eigenvalue weighted by Gasteiger charge is 2.22. The van der Waals surface area contributed by atoms with E-state index in [2.05, 4.69) is 20.8 Å². The van der Waals surface area contributed by atoms with Crippen LogP contribution in [0, 0.1) is 10.1 Å². The monoisotopic (exact) mass is 408 g/mol. The zero-order valence-electron chi connectivity index (χ0n) is 14.7. The Balaban J connectivity index is 2.28. The number of nitrogens with zero attached hydrogens (tertiary/aromatic N) is 3. The summed E-state index contributed by atoms with van der Waals surface area (Å²) in [4.78, 5) is 26.0. The third-order valence-electron chi connectivity index (χ3n) is 3.45. The number of nitrogens with one attached hydrogen (secondary N) is 2. The summed E-state index contributed by atoms with van der Waals surface area (Å²) in [5, 5.41) is 29.4. The largest absolute Gasteiger partial charge is 0.450 e. The van der Waals surface area contributed by atoms with Gasteiger partial charge in [-0.25, -0.2) is 9.78 Å². The molecule has 0 spiro atoms. The molecule has 5 N–H and O–H groups in total. The van der Waals surface area contributed by atoms with E-state index in [0.717, 1.165) is 0 Å². The van der Waals surface area contributed by atoms with Crippen molar-refractivity contribution < 1.29 is 19.7 Å². The number of oxime groups is 1. The molecule has 12 heteroatoms. The third kappa shape index (κ3) is 5.20. The number of carbonyl (C=O) groups is 1. The van der Waals surface area contributed by atoms with Crippen LogP contribution in [-0.4, -0.2) is 40.1 Å². The molecule has 2 rings (SSSR count). The van der Waals surface area contributed by atoms with E-state index in [-0.39, 0.29) is 30.4 Å². The Hall–Kier alpha value is -3.60. The summed E-state index contributed by atoms with van der Waals surface area (Å²) in [6.07, 6.45) is -0.784. The molecule has 0 aliphatic heterocycles. The maximum atomic E-state index is 11.5. The van der Waals surface area contributed by atoms with Crippen LogP contribution < -0.4 is 16.4 Å². The van der Waals surface area contributed by atoms with Gasteiger partial charge in [-0.1, -0.05) is 28.9 Å². The molecule has 1 amide bonds. The molecule has 1 aromatic heterocycles. The highest BCUT2D eigenvalue weighted by atomic mass is 35.5. The highest BCUT2D eigenvalue weighted by molar-refractivity contribution is 6.30. The van der Waals surface area contributed by atoms with Crippen molar-refractivity contribution in [2.45, 2.75) is 6.92 Å². The third-order valence-corrected chi connectivity index (χ3v) is 3.70. The second-order valence-corrected chi connectivity index (χ2v) is 5.74. The fraction of sp³-hybridized carbons (Fsp3) is 0.188. The van der Waals surface area contributed by atoms with Gasteiger partial charge in [-0.05, 0) is 19.1 Å². The van der Waals surface area contributed by atoms with Gasteiger partial charge in [0.2, 0.25) is 5.82 Å². The molecule has 0 unspecified atom stereocenters. The quantitative estimate of drug-likeness (QED) is 0.235. The first-order valence-electron chi connectivity index (χ1n) is 7.95. The van der Waals surface area contributed by atoms with Crippen LogP contribution in [0.3, 0.4) is 0 Å². The van der Waals surface area contributed by atoms with Crippen LogP contribution in [0.4, 0.5) is 27.8 Å². The Morgan fingerprint density at radius 2 is 2.11 bits per heavy atom. The topological polar surface area (TPSA) is 165 Å². The first-order valence-corrected chi connectivity index (χ1v) is 8.33. The van der Waals surface area contributed by atoms with E-state index >= 15 is 0 Å². The lowest BCUT2D eigenvalue weighted by Gasteiger charge is -2.12. The second-order valence-electron chi connectivity index (χ2n) is 5.30. The number of benzene rings is 1. The average Bonchev–Trinajstić information content (AvgIpc) is 2.63. The maximum absolute atomic E-state index is 11.5. The van der Waals surface area contributed by atoms with Crippen molar-refractivity contribution >= 4 is 46.4 Å². The Morgan fingerprint density at radius 1 is 1.43 bits per heavy atom. The number of nitrogen functional groups attached to an aromatic ring is 1. The molecule has 1 aromatic carbocycles. The van der Waals surface area contributed by atoms with E-state index in [1.54, 1.807) is 31.2 Å². The summed E-state index contributed by atoms with van der Waals surface area (Å²) in [7, 11) is 0. The van der Waals surface area contributed by atoms with Crippen molar-refractivity contribution in [1.29, 1.82) is 0 Å². The standard InChI is InChI=1S/C16H17ClN6O5/c1-2-28-16(24)21-13-7-11(14(23(26)27)15(18)20-13)19-8-12(22-25)9-3-5-10(17)6-4-9/h3-7,25H,2,8H2,1H3,(H4,18,19,20,21,24)/b22-12-. The van der Waals surface area contributed by atoms with Gasteiger partial charge in [0.25, 0.3) is 0 Å². The van der Waals surface area contributed by atoms with Crippen LogP contribution in [0.2, 0.25) is 5.02 Å². The maximum Gasteiger partial charge on any atom is 0.412 e. The van der Waals surface area contributed by atoms with Crippen LogP contribution in [0.5, 0.6) is 0 Å². The first-order chi connectivity index (χ1) is 13.3. The SMILES string of the molecule is CCOC(=O)Nc1cc(NC/C(=N/O)c2ccc(Cl)cc2)c([N+](=O)[O-])c(N)n1. The van der Waals surface area contributed by atoms with Gasteiger partial charge in [0.15, 0.2) is 0 Å². The van der Waals surface area contributed by atoms with Gasteiger partial charge in [0, 0.05) is 16.7 Å². The van der Waals surface area contributed by atoms with Crippen molar-refractivity contribution in [2.24, 2.45) is 5.16 Å². The predicted molar refractivity (Wildman–Crippen MR) is 104 cm³/mol. The minimum absolute atomic E-state index is 0.0283. The molecule has 0 aliphatic rings. The average molecular weight is 409 g/mol. The lowest BCUT2D eigenvalue weighted by molar-refractivity contribution is -0.383. The molecular weight excluding hydrogens is 392 g/mol. The molecule has 0 atom stereocenters. The van der Waals surface area contributed by atoms with E-state index < -0.39 is 22.5 Å². The fourth-order valence-electron chi connectivity index (χ4n) is 2.24. The number of nitrogens with two attached hydrogens (primary N) is 1. The molecule has 0 saturated carbocycles. The van der Waals surface area contributed by atoms with Crippen LogP contribution >= 0.6 is 11.6 Å². The molecule has 0 saturated heterocycles. The molecule has 0 bridgehead atoms. The normalized spacial score (nSPS) is 11.0. The molecule has 0 aliphatic carbocycles. The molecule has 1 heterocycles. The molecule has 2 aromatic rings. The minimum Gasteiger partial charge on any atom is -0.450 e. The Labute approximate surface area is 164 Å². The summed E-state index contributed by atoms with van der Waals surface area (Å²) in [5.74, 6) is -0.450. The number of hydrogen-bond donors (Lipinski definition) is 4. The predicted octanol–water partition coefficient (Wildman–Crippen LogP) is 3.08. The number of rotatable bonds is 7. The summed E-state index contributed by atoms with van der Waals surface area (Å²) in [5.41, 5.74) is 5.89. The van der Waals surface area contributed by atoms with E-state index in [1.807, 2.05) is 0 Å². The van der Waals surface area contributed by atoms with Crippen LogP contribution in [0.15, 0.2) is 35.5 Å². The molecule has 148 valence electrons. The van der Waals surface area contributed by atoms with Crippen LogP contribution in [0.25, 0.3) is 0 Å². The van der Waals surface area contributed by atoms with E-state index in [4.69, 9.17) is 22.1 Å². The van der Waals surface area contributed by atoms with Gasteiger partial charge in [-0.3, -0.25) is 15.4 Å². The summed E-state index contributed by atoms with van der Waals surface area (Å²) in [6.45, 7) is 1.68. The number of carbonyl (C=O) groups excluding carboxylic acids is 1. The van der Waals surface area contributed by atoms with E-state index in [0.29, 0.717) is 10.6 Å². The number of hydrogen-bond acceptors (Lipinski definition) is 9. The number of pyridine rings is 1. The lowest BCUT2D eigenvalue weighted by atomic mass is 10.1. The number of halogens is 1. The molecule has 28 heavy (non-hydrogen) atoms.